The van der Waals surface area contributed by atoms with Gasteiger partial charge in [0.2, 0.25) is 0 Å². The molecule has 1 aromatic heterocycles. The third-order valence-electron chi connectivity index (χ3n) is 5.40. The lowest BCUT2D eigenvalue weighted by atomic mass is 9.79. The first-order valence-electron chi connectivity index (χ1n) is 8.85. The molecular weight excluding hydrogens is 334 g/mol. The van der Waals surface area contributed by atoms with Crippen LogP contribution in [0.15, 0.2) is 45.0 Å². The van der Waals surface area contributed by atoms with Crippen LogP contribution >= 0.6 is 11.8 Å². The minimum absolute atomic E-state index is 0.0223. The van der Waals surface area contributed by atoms with Gasteiger partial charge < -0.3 is 9.73 Å². The second-order valence-corrected chi connectivity index (χ2v) is 8.00. The molecule has 0 saturated carbocycles. The molecule has 3 saturated heterocycles. The zero-order chi connectivity index (χ0) is 17.4. The Kier molecular flexibility index (Phi) is 4.56. The van der Waals surface area contributed by atoms with Gasteiger partial charge in [0.05, 0.1) is 6.20 Å². The molecule has 3 fully saturated rings. The molecule has 5 rings (SSSR count). The summed E-state index contributed by atoms with van der Waals surface area (Å²) >= 11 is 1.46. The van der Waals surface area contributed by atoms with Gasteiger partial charge in [-0.3, -0.25) is 9.69 Å². The second kappa shape index (κ2) is 6.84. The summed E-state index contributed by atoms with van der Waals surface area (Å²) < 4.78 is 5.47. The number of benzene rings is 1. The summed E-state index contributed by atoms with van der Waals surface area (Å²) in [5, 5.41) is 3.89. The van der Waals surface area contributed by atoms with E-state index >= 15 is 0 Å². The van der Waals surface area contributed by atoms with Crippen molar-refractivity contribution < 1.29 is 9.21 Å². The molecule has 0 aliphatic carbocycles. The maximum absolute atomic E-state index is 12.6. The van der Waals surface area contributed by atoms with E-state index in [-0.39, 0.29) is 11.9 Å². The maximum atomic E-state index is 12.6. The number of carbonyl (C=O) groups is 1. The fourth-order valence-electron chi connectivity index (χ4n) is 3.94. The number of hydrogen-bond donors (Lipinski definition) is 1. The molecule has 6 heteroatoms. The SMILES string of the molecule is Cc1cnc(Sc2ccc(C(=O)NC3C4CCN(CC4)C3C)cc2)o1. The average molecular weight is 357 g/mol. The van der Waals surface area contributed by atoms with Crippen LogP contribution in [-0.2, 0) is 0 Å². The van der Waals surface area contributed by atoms with Crippen molar-refractivity contribution in [1.29, 1.82) is 0 Å². The summed E-state index contributed by atoms with van der Waals surface area (Å²) in [6, 6.07) is 8.33. The lowest BCUT2D eigenvalue weighted by Crippen LogP contribution is -2.62. The van der Waals surface area contributed by atoms with Crippen molar-refractivity contribution in [3.63, 3.8) is 0 Å². The quantitative estimate of drug-likeness (QED) is 0.909. The number of fused-ring (bicyclic) bond motifs is 3. The van der Waals surface area contributed by atoms with Crippen LogP contribution in [0.3, 0.4) is 0 Å². The first kappa shape index (κ1) is 16.7. The summed E-state index contributed by atoms with van der Waals surface area (Å²) in [4.78, 5) is 20.3. The van der Waals surface area contributed by atoms with E-state index in [0.717, 1.165) is 10.7 Å². The van der Waals surface area contributed by atoms with E-state index in [1.165, 1.54) is 37.7 Å². The van der Waals surface area contributed by atoms with Crippen LogP contribution in [0.4, 0.5) is 0 Å². The van der Waals surface area contributed by atoms with Crippen molar-refractivity contribution in [1.82, 2.24) is 15.2 Å². The lowest BCUT2D eigenvalue weighted by molar-refractivity contribution is 0.0217. The van der Waals surface area contributed by atoms with Crippen LogP contribution in [-0.4, -0.2) is 41.0 Å². The third-order valence-corrected chi connectivity index (χ3v) is 6.27. The molecule has 2 unspecified atom stereocenters. The van der Waals surface area contributed by atoms with Crippen LogP contribution in [0.1, 0.15) is 35.9 Å². The zero-order valence-corrected chi connectivity index (χ0v) is 15.4. The van der Waals surface area contributed by atoms with E-state index in [4.69, 9.17) is 4.42 Å². The molecule has 5 nitrogen and oxygen atoms in total. The minimum Gasteiger partial charge on any atom is -0.437 e. The smallest absolute Gasteiger partial charge is 0.260 e. The first-order chi connectivity index (χ1) is 12.1. The molecule has 25 heavy (non-hydrogen) atoms. The standard InChI is InChI=1S/C19H23N3O2S/c1-12-11-20-19(24-12)25-16-5-3-15(4-6-16)18(23)21-17-13(2)22-9-7-14(17)8-10-22/h3-6,11,13-14,17H,7-10H2,1-2H3,(H,21,23). The van der Waals surface area contributed by atoms with Gasteiger partial charge in [0.1, 0.15) is 5.76 Å². The number of nitrogens with zero attached hydrogens (tertiary/aromatic N) is 2. The number of piperidine rings is 3. The molecule has 0 spiro atoms. The molecule has 3 aliphatic heterocycles. The monoisotopic (exact) mass is 357 g/mol. The normalized spacial score (nSPS) is 28.1. The topological polar surface area (TPSA) is 58.4 Å². The van der Waals surface area contributed by atoms with E-state index in [1.54, 1.807) is 6.20 Å². The van der Waals surface area contributed by atoms with Crippen LogP contribution in [0.2, 0.25) is 0 Å². The van der Waals surface area contributed by atoms with E-state index in [2.05, 4.69) is 22.1 Å². The fraction of sp³-hybridized carbons (Fsp3) is 0.474. The number of aryl methyl sites for hydroxylation is 1. The van der Waals surface area contributed by atoms with Crippen molar-refractivity contribution in [3.05, 3.63) is 41.8 Å². The molecule has 3 aliphatic rings. The van der Waals surface area contributed by atoms with Gasteiger partial charge >= 0.3 is 0 Å². The van der Waals surface area contributed by atoms with Crippen molar-refractivity contribution in [2.75, 3.05) is 13.1 Å². The van der Waals surface area contributed by atoms with Gasteiger partial charge in [-0.15, -0.1) is 0 Å². The lowest BCUT2D eigenvalue weighted by Gasteiger charge is -2.49. The Hall–Kier alpha value is -1.79. The van der Waals surface area contributed by atoms with Gasteiger partial charge in [0, 0.05) is 22.5 Å². The highest BCUT2D eigenvalue weighted by molar-refractivity contribution is 7.99. The summed E-state index contributed by atoms with van der Waals surface area (Å²) in [6.07, 6.45) is 4.10. The largest absolute Gasteiger partial charge is 0.437 e. The summed E-state index contributed by atoms with van der Waals surface area (Å²) in [7, 11) is 0. The van der Waals surface area contributed by atoms with E-state index < -0.39 is 0 Å². The average Bonchev–Trinajstić information content (AvgIpc) is 3.04. The fourth-order valence-corrected chi connectivity index (χ4v) is 4.69. The van der Waals surface area contributed by atoms with Gasteiger partial charge in [0.15, 0.2) is 0 Å². The molecule has 4 heterocycles. The van der Waals surface area contributed by atoms with Crippen molar-refractivity contribution >= 4 is 17.7 Å². The van der Waals surface area contributed by atoms with Gasteiger partial charge in [0.25, 0.3) is 11.1 Å². The summed E-state index contributed by atoms with van der Waals surface area (Å²) in [5.74, 6) is 1.44. The van der Waals surface area contributed by atoms with Crippen LogP contribution in [0.25, 0.3) is 0 Å². The Balaban J connectivity index is 1.40. The van der Waals surface area contributed by atoms with Crippen LogP contribution in [0.5, 0.6) is 0 Å². The Morgan fingerprint density at radius 3 is 2.60 bits per heavy atom. The summed E-state index contributed by atoms with van der Waals surface area (Å²) in [6.45, 7) is 6.45. The van der Waals surface area contributed by atoms with E-state index in [9.17, 15) is 4.79 Å². The Morgan fingerprint density at radius 1 is 1.28 bits per heavy atom. The van der Waals surface area contributed by atoms with Crippen molar-refractivity contribution in [2.45, 2.75) is 48.9 Å². The number of amides is 1. The number of oxazole rings is 1. The van der Waals surface area contributed by atoms with Crippen molar-refractivity contribution in [2.24, 2.45) is 5.92 Å². The molecule has 1 amide bonds. The molecule has 1 N–H and O–H groups in total. The van der Waals surface area contributed by atoms with Gasteiger partial charge in [-0.05, 0) is 81.7 Å². The number of hydrogen-bond acceptors (Lipinski definition) is 5. The third kappa shape index (κ3) is 3.46. The van der Waals surface area contributed by atoms with Gasteiger partial charge in [-0.2, -0.15) is 0 Å². The molecule has 2 aromatic rings. The molecule has 0 radical (unpaired) electrons. The van der Waals surface area contributed by atoms with Gasteiger partial charge in [-0.1, -0.05) is 0 Å². The molecule has 2 atom stereocenters. The zero-order valence-electron chi connectivity index (χ0n) is 14.6. The maximum Gasteiger partial charge on any atom is 0.260 e. The Bertz CT molecular complexity index is 748. The highest BCUT2D eigenvalue weighted by Crippen LogP contribution is 2.32. The highest BCUT2D eigenvalue weighted by atomic mass is 32.2. The number of aromatic nitrogens is 1. The Labute approximate surface area is 152 Å². The molecule has 2 bridgehead atoms. The van der Waals surface area contributed by atoms with E-state index in [1.807, 2.05) is 31.2 Å². The van der Waals surface area contributed by atoms with Crippen molar-refractivity contribution in [3.8, 4) is 0 Å². The van der Waals surface area contributed by atoms with Gasteiger partial charge in [-0.25, -0.2) is 4.98 Å². The first-order valence-corrected chi connectivity index (χ1v) is 9.67. The predicted octanol–water partition coefficient (Wildman–Crippen LogP) is 3.35. The number of carbonyl (C=O) groups excluding carboxylic acids is 1. The molecule has 1 aromatic carbocycles. The van der Waals surface area contributed by atoms with Crippen LogP contribution < -0.4 is 5.32 Å². The summed E-state index contributed by atoms with van der Waals surface area (Å²) in [5.41, 5.74) is 0.705. The predicted molar refractivity (Wildman–Crippen MR) is 96.8 cm³/mol. The minimum atomic E-state index is 0.0223. The number of rotatable bonds is 4. The molecule has 132 valence electrons. The highest BCUT2D eigenvalue weighted by Gasteiger charge is 2.40. The number of nitrogens with one attached hydrogen (secondary N) is 1. The molecular formula is C19H23N3O2S. The Morgan fingerprint density at radius 2 is 2.00 bits per heavy atom. The second-order valence-electron chi connectivity index (χ2n) is 6.98. The van der Waals surface area contributed by atoms with E-state index in [0.29, 0.717) is 22.7 Å². The van der Waals surface area contributed by atoms with Crippen LogP contribution in [0, 0.1) is 12.8 Å².